The van der Waals surface area contributed by atoms with Gasteiger partial charge < -0.3 is 24.6 Å². The van der Waals surface area contributed by atoms with Gasteiger partial charge in [-0.05, 0) is 37.3 Å². The van der Waals surface area contributed by atoms with Crippen LogP contribution in [0.4, 0.5) is 11.5 Å². The zero-order chi connectivity index (χ0) is 23.5. The summed E-state index contributed by atoms with van der Waals surface area (Å²) >= 11 is 1.40. The van der Waals surface area contributed by atoms with E-state index < -0.39 is 5.97 Å². The summed E-state index contributed by atoms with van der Waals surface area (Å²) in [5, 5.41) is 20.3. The lowest BCUT2D eigenvalue weighted by atomic mass is 10.1. The van der Waals surface area contributed by atoms with Crippen LogP contribution in [0.3, 0.4) is 0 Å². The smallest absolute Gasteiger partial charge is 0.337 e. The molecule has 0 bridgehead atoms. The van der Waals surface area contributed by atoms with Crippen LogP contribution in [-0.2, 0) is 0 Å². The minimum atomic E-state index is -1.09. The molecule has 33 heavy (non-hydrogen) atoms. The molecule has 0 atom stereocenters. The van der Waals surface area contributed by atoms with Gasteiger partial charge >= 0.3 is 5.97 Å². The maximum atomic E-state index is 12.0. The summed E-state index contributed by atoms with van der Waals surface area (Å²) in [5.41, 5.74) is 2.55. The van der Waals surface area contributed by atoms with Crippen molar-refractivity contribution in [1.82, 2.24) is 14.8 Å². The van der Waals surface area contributed by atoms with E-state index in [2.05, 4.69) is 10.3 Å². The summed E-state index contributed by atoms with van der Waals surface area (Å²) in [6, 6.07) is 12.3. The van der Waals surface area contributed by atoms with Crippen LogP contribution in [0.1, 0.15) is 16.1 Å². The van der Waals surface area contributed by atoms with Gasteiger partial charge in [0.05, 0.1) is 49.2 Å². The van der Waals surface area contributed by atoms with Crippen molar-refractivity contribution in [1.29, 1.82) is 0 Å². The summed E-state index contributed by atoms with van der Waals surface area (Å²) in [5.74, 6) is 0.994. The minimum Gasteiger partial charge on any atom is -0.497 e. The number of rotatable bonds is 8. The van der Waals surface area contributed by atoms with Crippen molar-refractivity contribution in [3.8, 4) is 33.6 Å². The quantitative estimate of drug-likeness (QED) is 0.382. The van der Waals surface area contributed by atoms with Crippen molar-refractivity contribution in [2.75, 3.05) is 26.6 Å². The van der Waals surface area contributed by atoms with E-state index in [9.17, 15) is 9.90 Å². The Balaban J connectivity index is 1.94. The Morgan fingerprint density at radius 2 is 1.88 bits per heavy atom. The van der Waals surface area contributed by atoms with Gasteiger partial charge in [-0.15, -0.1) is 11.3 Å². The summed E-state index contributed by atoms with van der Waals surface area (Å²) in [6.45, 7) is 1.87. The minimum absolute atomic E-state index is 0.0578. The highest BCUT2D eigenvalue weighted by Crippen LogP contribution is 2.40. The first kappa shape index (κ1) is 22.2. The van der Waals surface area contributed by atoms with Gasteiger partial charge in [0.25, 0.3) is 0 Å². The zero-order valence-corrected chi connectivity index (χ0v) is 19.3. The molecule has 0 saturated carbocycles. The fourth-order valence-corrected chi connectivity index (χ4v) is 4.28. The lowest BCUT2D eigenvalue weighted by molar-refractivity contribution is 0.0697. The average molecular weight is 467 g/mol. The first-order chi connectivity index (χ1) is 16.0. The maximum Gasteiger partial charge on any atom is 0.337 e. The van der Waals surface area contributed by atoms with E-state index in [1.54, 1.807) is 36.4 Å². The van der Waals surface area contributed by atoms with Gasteiger partial charge in [-0.3, -0.25) is 0 Å². The van der Waals surface area contributed by atoms with Crippen molar-refractivity contribution < 1.29 is 24.1 Å². The molecule has 9 nitrogen and oxygen atoms in total. The lowest BCUT2D eigenvalue weighted by Crippen LogP contribution is -2.08. The molecule has 0 aliphatic carbocycles. The van der Waals surface area contributed by atoms with E-state index in [1.807, 2.05) is 31.2 Å². The molecule has 4 aromatic rings. The molecule has 0 saturated heterocycles. The predicted molar refractivity (Wildman–Crippen MR) is 126 cm³/mol. The molecule has 10 heteroatoms. The Morgan fingerprint density at radius 3 is 2.55 bits per heavy atom. The zero-order valence-electron chi connectivity index (χ0n) is 18.4. The molecule has 2 heterocycles. The SMILES string of the molecule is COc1ccc(Nc2c(-c3nc(OC)cs3)c(C)nn2-c2ccccc2OC)c(C(=O)O)c1. The van der Waals surface area contributed by atoms with Crippen molar-refractivity contribution in [3.05, 3.63) is 59.1 Å². The van der Waals surface area contributed by atoms with E-state index in [0.717, 1.165) is 5.56 Å². The van der Waals surface area contributed by atoms with Gasteiger partial charge in [0, 0.05) is 0 Å². The Morgan fingerprint density at radius 1 is 1.09 bits per heavy atom. The van der Waals surface area contributed by atoms with Crippen LogP contribution in [0, 0.1) is 6.92 Å². The van der Waals surface area contributed by atoms with Crippen molar-refractivity contribution in [2.24, 2.45) is 0 Å². The van der Waals surface area contributed by atoms with Crippen LogP contribution in [-0.4, -0.2) is 47.2 Å². The van der Waals surface area contributed by atoms with Crippen LogP contribution >= 0.6 is 11.3 Å². The van der Waals surface area contributed by atoms with E-state index in [-0.39, 0.29) is 5.56 Å². The van der Waals surface area contributed by atoms with Crippen molar-refractivity contribution in [2.45, 2.75) is 6.92 Å². The number of thiazole rings is 1. The highest BCUT2D eigenvalue weighted by molar-refractivity contribution is 7.13. The van der Waals surface area contributed by atoms with E-state index in [1.165, 1.54) is 24.5 Å². The second-order valence-corrected chi connectivity index (χ2v) is 7.79. The number of aromatic carboxylic acids is 1. The number of hydrogen-bond acceptors (Lipinski definition) is 8. The molecule has 2 aromatic carbocycles. The number of para-hydroxylation sites is 2. The van der Waals surface area contributed by atoms with Gasteiger partial charge in [0.1, 0.15) is 28.0 Å². The van der Waals surface area contributed by atoms with Crippen LogP contribution < -0.4 is 19.5 Å². The van der Waals surface area contributed by atoms with Crippen molar-refractivity contribution >= 4 is 28.8 Å². The first-order valence-corrected chi connectivity index (χ1v) is 10.8. The Hall–Kier alpha value is -4.05. The second kappa shape index (κ2) is 9.21. The average Bonchev–Trinajstić information content (AvgIpc) is 3.42. The topological polar surface area (TPSA) is 108 Å². The molecule has 0 spiro atoms. The molecule has 2 aromatic heterocycles. The number of carboxylic acids is 1. The summed E-state index contributed by atoms with van der Waals surface area (Å²) in [6.07, 6.45) is 0. The highest BCUT2D eigenvalue weighted by atomic mass is 32.1. The number of methoxy groups -OCH3 is 3. The number of nitrogens with zero attached hydrogens (tertiary/aromatic N) is 3. The fourth-order valence-electron chi connectivity index (χ4n) is 3.41. The third-order valence-corrected chi connectivity index (χ3v) is 5.83. The van der Waals surface area contributed by atoms with Crippen LogP contribution in [0.5, 0.6) is 17.4 Å². The van der Waals surface area contributed by atoms with Gasteiger partial charge in [0.15, 0.2) is 0 Å². The molecule has 2 N–H and O–H groups in total. The lowest BCUT2D eigenvalue weighted by Gasteiger charge is -2.16. The van der Waals surface area contributed by atoms with Gasteiger partial charge in [-0.2, -0.15) is 5.10 Å². The number of anilines is 2. The number of carbonyl (C=O) groups is 1. The standard InChI is InChI=1S/C23H22N4O5S/c1-13-20(22-25-19(32-4)12-33-22)21(27(26-13)17-7-5-6-8-18(17)31-3)24-16-10-9-14(30-2)11-15(16)23(28)29/h5-12,24H,1-4H3,(H,28,29). The third-order valence-electron chi connectivity index (χ3n) is 4.99. The summed E-state index contributed by atoms with van der Waals surface area (Å²) < 4.78 is 17.7. The number of nitrogens with one attached hydrogen (secondary N) is 1. The molecule has 0 aliphatic heterocycles. The predicted octanol–water partition coefficient (Wildman–Crippen LogP) is 4.77. The van der Waals surface area contributed by atoms with Gasteiger partial charge in [0.2, 0.25) is 5.88 Å². The first-order valence-electron chi connectivity index (χ1n) is 9.88. The summed E-state index contributed by atoms with van der Waals surface area (Å²) in [7, 11) is 4.63. The number of carboxylic acid groups (broad SMARTS) is 1. The van der Waals surface area contributed by atoms with E-state index in [0.29, 0.717) is 45.3 Å². The largest absolute Gasteiger partial charge is 0.497 e. The van der Waals surface area contributed by atoms with Gasteiger partial charge in [-0.25, -0.2) is 14.5 Å². The van der Waals surface area contributed by atoms with E-state index >= 15 is 0 Å². The number of ether oxygens (including phenoxy) is 3. The second-order valence-electron chi connectivity index (χ2n) is 6.93. The Kier molecular flexibility index (Phi) is 6.18. The van der Waals surface area contributed by atoms with Crippen LogP contribution in [0.25, 0.3) is 16.3 Å². The highest BCUT2D eigenvalue weighted by Gasteiger charge is 2.24. The molecule has 4 rings (SSSR count). The molecule has 0 aliphatic rings. The monoisotopic (exact) mass is 466 g/mol. The Bertz CT molecular complexity index is 1310. The molecule has 0 radical (unpaired) electrons. The molecular formula is C23H22N4O5S. The van der Waals surface area contributed by atoms with E-state index in [4.69, 9.17) is 19.3 Å². The van der Waals surface area contributed by atoms with Gasteiger partial charge in [-0.1, -0.05) is 12.1 Å². The number of aromatic nitrogens is 3. The Labute approximate surface area is 194 Å². The fraction of sp³-hybridized carbons (Fsp3) is 0.174. The number of aryl methyl sites for hydroxylation is 1. The summed E-state index contributed by atoms with van der Waals surface area (Å²) in [4.78, 5) is 16.5. The molecule has 0 amide bonds. The van der Waals surface area contributed by atoms with Crippen LogP contribution in [0.15, 0.2) is 47.8 Å². The maximum absolute atomic E-state index is 12.0. The molecular weight excluding hydrogens is 444 g/mol. The van der Waals surface area contributed by atoms with Crippen LogP contribution in [0.2, 0.25) is 0 Å². The van der Waals surface area contributed by atoms with Crippen molar-refractivity contribution in [3.63, 3.8) is 0 Å². The number of hydrogen-bond donors (Lipinski definition) is 2. The third kappa shape index (κ3) is 4.20. The molecule has 0 fully saturated rings. The molecule has 0 unspecified atom stereocenters. The number of benzene rings is 2. The molecule has 170 valence electrons. The normalized spacial score (nSPS) is 10.7.